The summed E-state index contributed by atoms with van der Waals surface area (Å²) < 4.78 is 128. The number of likely N-dealkylation sites (tertiary alicyclic amines) is 2. The highest BCUT2D eigenvalue weighted by atomic mass is 31.2. The van der Waals surface area contributed by atoms with E-state index in [1.165, 1.54) is 85.4 Å². The second kappa shape index (κ2) is 28.8. The number of nitrogens with zero attached hydrogens (tertiary/aromatic N) is 7. The molecule has 8 atom stereocenters. The molecule has 0 aliphatic carbocycles. The lowest BCUT2D eigenvalue weighted by atomic mass is 9.89. The summed E-state index contributed by atoms with van der Waals surface area (Å²) in [6.45, 7) is 3.54. The Hall–Kier alpha value is -8.89. The number of rotatable bonds is 21. The van der Waals surface area contributed by atoms with Gasteiger partial charge in [0, 0.05) is 74.9 Å². The summed E-state index contributed by atoms with van der Waals surface area (Å²) >= 11 is 0. The number of hydrogen-bond donors (Lipinski definition) is 5. The summed E-state index contributed by atoms with van der Waals surface area (Å²) in [7, 11) is -0.00612. The van der Waals surface area contributed by atoms with E-state index in [4.69, 9.17) is 38.2 Å². The van der Waals surface area contributed by atoms with Crippen molar-refractivity contribution < 1.29 is 88.5 Å². The zero-order chi connectivity index (χ0) is 68.4. The number of aromatic amines is 1. The SMILES string of the molecule is COC(=O)N[C@H](C(=O)N1CCC[C@H]1c1nc2cc(F)c([C@H]3CC[C@H](c4cc5nc([C@@H]6CCCN6C(=O)[C@@H](NC(=O)OC)[C@@H](C)OC)n(COC(=O)Cc6ccccc6OP(=O)(O)O)c5cc4F)N3c3cc(F)c(N4CCC(c5ccc(F)cc5)CC4)c(F)c3)cc2[nH]1)[C@@H](C)OC. The lowest BCUT2D eigenvalue weighted by Crippen LogP contribution is -2.54. The Balaban J connectivity index is 0.982. The number of amides is 4. The van der Waals surface area contributed by atoms with Crippen LogP contribution >= 0.6 is 7.82 Å². The van der Waals surface area contributed by atoms with Crippen molar-refractivity contribution in [3.63, 3.8) is 0 Å². The van der Waals surface area contributed by atoms with Gasteiger partial charge in [-0.2, -0.15) is 0 Å². The Morgan fingerprint density at radius 3 is 1.82 bits per heavy atom. The molecule has 11 rings (SSSR count). The van der Waals surface area contributed by atoms with Gasteiger partial charge in [-0.05, 0) is 119 Å². The van der Waals surface area contributed by atoms with Crippen LogP contribution in [-0.4, -0.2) is 148 Å². The summed E-state index contributed by atoms with van der Waals surface area (Å²) in [5.41, 5.74) is 1.39. The minimum atomic E-state index is -5.07. The zero-order valence-electron chi connectivity index (χ0n) is 53.4. The van der Waals surface area contributed by atoms with Crippen LogP contribution in [0.3, 0.4) is 0 Å². The Bertz CT molecular complexity index is 4090. The smallest absolute Gasteiger partial charge is 0.453 e. The molecule has 0 radical (unpaired) electrons. The molecule has 24 nitrogen and oxygen atoms in total. The van der Waals surface area contributed by atoms with Gasteiger partial charge in [0.15, 0.2) is 18.4 Å². The first kappa shape index (κ1) is 68.5. The van der Waals surface area contributed by atoms with Gasteiger partial charge in [0.1, 0.15) is 52.6 Å². The van der Waals surface area contributed by atoms with Gasteiger partial charge in [0.25, 0.3) is 0 Å². The molecule has 96 heavy (non-hydrogen) atoms. The van der Waals surface area contributed by atoms with Gasteiger partial charge >= 0.3 is 26.0 Å². The molecule has 4 saturated heterocycles. The molecule has 0 saturated carbocycles. The molecule has 5 aromatic carbocycles. The van der Waals surface area contributed by atoms with Crippen LogP contribution in [0.25, 0.3) is 22.1 Å². The molecule has 4 fully saturated rings. The molecule has 30 heteroatoms. The predicted octanol–water partition coefficient (Wildman–Crippen LogP) is 10.1. The van der Waals surface area contributed by atoms with E-state index >= 15 is 17.6 Å². The molecule has 0 spiro atoms. The summed E-state index contributed by atoms with van der Waals surface area (Å²) in [4.78, 5) is 106. The molecule has 7 aromatic rings. The molecule has 0 bridgehead atoms. The second-order valence-electron chi connectivity index (χ2n) is 24.4. The number of benzene rings is 5. The summed E-state index contributed by atoms with van der Waals surface area (Å²) in [6, 6.07) is 13.4. The van der Waals surface area contributed by atoms with E-state index in [0.29, 0.717) is 50.0 Å². The maximum Gasteiger partial charge on any atom is 0.524 e. The van der Waals surface area contributed by atoms with Crippen molar-refractivity contribution in [2.24, 2.45) is 0 Å². The molecule has 6 heterocycles. The lowest BCUT2D eigenvalue weighted by Gasteiger charge is -2.36. The zero-order valence-corrected chi connectivity index (χ0v) is 54.3. The van der Waals surface area contributed by atoms with Crippen molar-refractivity contribution in [3.8, 4) is 5.75 Å². The van der Waals surface area contributed by atoms with Gasteiger partial charge in [-0.15, -0.1) is 0 Å². The molecule has 0 unspecified atom stereocenters. The van der Waals surface area contributed by atoms with Crippen molar-refractivity contribution in [2.45, 2.75) is 133 Å². The van der Waals surface area contributed by atoms with Crippen molar-refractivity contribution in [3.05, 3.63) is 148 Å². The third-order valence-electron chi connectivity index (χ3n) is 18.8. The number of aromatic nitrogens is 4. The number of nitrogens with one attached hydrogen (secondary N) is 3. The highest BCUT2D eigenvalue weighted by Crippen LogP contribution is 2.51. The molecule has 5 N–H and O–H groups in total. The fourth-order valence-electron chi connectivity index (χ4n) is 13.8. The predicted molar refractivity (Wildman–Crippen MR) is 338 cm³/mol. The fourth-order valence-corrected chi connectivity index (χ4v) is 14.3. The Morgan fingerprint density at radius 1 is 0.656 bits per heavy atom. The van der Waals surface area contributed by atoms with Gasteiger partial charge in [0.2, 0.25) is 11.8 Å². The van der Waals surface area contributed by atoms with E-state index in [0.717, 1.165) is 30.9 Å². The van der Waals surface area contributed by atoms with Crippen molar-refractivity contribution >= 4 is 71.2 Å². The highest BCUT2D eigenvalue weighted by Gasteiger charge is 2.44. The number of phosphoric ester groups is 1. The molecule has 512 valence electrons. The van der Waals surface area contributed by atoms with Crippen LogP contribution in [0.4, 0.5) is 42.9 Å². The summed E-state index contributed by atoms with van der Waals surface area (Å²) in [5.74, 6) is -5.65. The Kier molecular flexibility index (Phi) is 20.6. The number of fused-ring (bicyclic) bond motifs is 2. The number of anilines is 2. The first-order chi connectivity index (χ1) is 46.0. The topological polar surface area (TPSA) is 282 Å². The number of carbonyl (C=O) groups is 5. The van der Waals surface area contributed by atoms with Gasteiger partial charge in [-0.3, -0.25) is 28.7 Å². The maximum absolute atomic E-state index is 17.9. The van der Waals surface area contributed by atoms with Crippen LogP contribution in [0.1, 0.15) is 129 Å². The van der Waals surface area contributed by atoms with Crippen LogP contribution in [0.15, 0.2) is 84.9 Å². The normalized spacial score (nSPS) is 19.8. The number of hydrogen-bond acceptors (Lipinski definition) is 16. The third-order valence-corrected chi connectivity index (χ3v) is 19.2. The van der Waals surface area contributed by atoms with Gasteiger partial charge in [-0.25, -0.2) is 46.1 Å². The minimum Gasteiger partial charge on any atom is -0.453 e. The molecule has 4 aliphatic heterocycles. The lowest BCUT2D eigenvalue weighted by molar-refractivity contribution is -0.147. The Labute approximate surface area is 548 Å². The Morgan fingerprint density at radius 2 is 1.23 bits per heavy atom. The third kappa shape index (κ3) is 14.3. The molecule has 2 aromatic heterocycles. The maximum atomic E-state index is 17.9. The average Bonchev–Trinajstić information content (AvgIpc) is 1.57. The minimum absolute atomic E-state index is 0.00819. The van der Waals surface area contributed by atoms with E-state index in [2.05, 4.69) is 15.6 Å². The number of ether oxygens (including phenoxy) is 5. The number of piperidine rings is 1. The van der Waals surface area contributed by atoms with Crippen LogP contribution in [0.2, 0.25) is 0 Å². The first-order valence-corrected chi connectivity index (χ1v) is 33.0. The quantitative estimate of drug-likeness (QED) is 0.0194. The summed E-state index contributed by atoms with van der Waals surface area (Å²) in [5, 5.41) is 5.10. The van der Waals surface area contributed by atoms with Crippen LogP contribution in [0, 0.1) is 29.1 Å². The van der Waals surface area contributed by atoms with Crippen molar-refractivity contribution in [2.75, 3.05) is 64.4 Å². The first-order valence-electron chi connectivity index (χ1n) is 31.5. The number of para-hydroxylation sites is 1. The molecule has 4 amide bonds. The average molecular weight is 1360 g/mol. The monoisotopic (exact) mass is 1360 g/mol. The number of phosphoric acid groups is 1. The van der Waals surface area contributed by atoms with Gasteiger partial charge < -0.3 is 63.4 Å². The number of halogens is 5. The number of imidazole rings is 2. The second-order valence-corrected chi connectivity index (χ2v) is 25.5. The van der Waals surface area contributed by atoms with Gasteiger partial charge in [0.05, 0.1) is 79.1 Å². The fraction of sp³-hybridized carbons (Fsp3) is 0.439. The summed E-state index contributed by atoms with van der Waals surface area (Å²) in [6.07, 6.45) is -0.995. The largest absolute Gasteiger partial charge is 0.524 e. The van der Waals surface area contributed by atoms with Crippen molar-refractivity contribution in [1.29, 1.82) is 0 Å². The number of esters is 1. The van der Waals surface area contributed by atoms with E-state index in [1.807, 2.05) is 0 Å². The van der Waals surface area contributed by atoms with Crippen LogP contribution < -0.4 is 25.0 Å². The number of methoxy groups -OCH3 is 4. The van der Waals surface area contributed by atoms with E-state index in [1.54, 1.807) is 40.7 Å². The van der Waals surface area contributed by atoms with Crippen LogP contribution in [-0.2, 0) is 55.8 Å². The molecular formula is C66H74F5N10O14P. The number of H-pyrrole nitrogens is 1. The van der Waals surface area contributed by atoms with E-state index in [-0.39, 0.29) is 107 Å². The van der Waals surface area contributed by atoms with Gasteiger partial charge in [-0.1, -0.05) is 30.3 Å². The number of alkyl carbamates (subject to hydrolysis) is 2. The number of carbonyl (C=O) groups excluding carboxylic acids is 5. The standard InChI is InChI=1S/C66H74F5N10O14P/c1-35(90-3)58(75-65(85)92-5)63(83)78-23-9-12-53(78)61-72-48-30-42(44(68)32-49(48)73-61)51-19-20-52(81(51)41-28-46(70)60(47(71)29-41)77-25-21-38(22-26-77)37-15-17-40(67)18-16-37)43-31-50-55(33-45(43)69)80(34-94-57(82)27-39-11-7-8-14-56(39)95-96(87,88)89)62(74-50)54-13-10-24-79(54)64(84)59(36(2)91-4)76-66(86)93-6/h7-8,11,14-18,28-33,35-36,38,51-54,58-59H,9-10,12-13,19-27,34H2,1-6H3,(H,72,73)(H,75,85)(H,76,86)(H2,87,88,89)/t35-,36-,51-,52-,53+,54+,58+,59+/m1/s1. The highest BCUT2D eigenvalue weighted by molar-refractivity contribution is 7.46. The molecular weight excluding hydrogens is 1280 g/mol. The molecule has 4 aliphatic rings. The van der Waals surface area contributed by atoms with E-state index in [9.17, 15) is 42.7 Å². The van der Waals surface area contributed by atoms with Crippen LogP contribution in [0.5, 0.6) is 5.75 Å². The van der Waals surface area contributed by atoms with E-state index < -0.39 is 123 Å². The van der Waals surface area contributed by atoms with Crippen molar-refractivity contribution in [1.82, 2.24) is 40.0 Å².